The molecule has 3 rings (SSSR count). The van der Waals surface area contributed by atoms with Crippen LogP contribution in [-0.2, 0) is 6.54 Å². The van der Waals surface area contributed by atoms with Crippen LogP contribution in [0.4, 0.5) is 4.39 Å². The Labute approximate surface area is 124 Å². The molecule has 0 amide bonds. The topological polar surface area (TPSA) is 15.3 Å². The molecule has 5 heteroatoms. The Morgan fingerprint density at radius 1 is 1.26 bits per heavy atom. The van der Waals surface area contributed by atoms with Crippen molar-refractivity contribution in [3.63, 3.8) is 0 Å². The van der Waals surface area contributed by atoms with E-state index in [1.165, 1.54) is 25.3 Å². The quantitative estimate of drug-likeness (QED) is 0.902. The second kappa shape index (κ2) is 6.40. The molecule has 2 saturated heterocycles. The average molecular weight is 305 g/mol. The van der Waals surface area contributed by atoms with Gasteiger partial charge in [-0.05, 0) is 37.0 Å². The van der Waals surface area contributed by atoms with E-state index in [9.17, 15) is 4.39 Å². The third-order valence-corrected chi connectivity index (χ3v) is 4.29. The Morgan fingerprint density at radius 2 is 2.05 bits per heavy atom. The van der Waals surface area contributed by atoms with Gasteiger partial charge >= 0.3 is 0 Å². The van der Waals surface area contributed by atoms with Crippen molar-refractivity contribution < 1.29 is 4.39 Å². The van der Waals surface area contributed by atoms with Crippen LogP contribution in [0.1, 0.15) is 24.8 Å². The Morgan fingerprint density at radius 3 is 2.84 bits per heavy atom. The van der Waals surface area contributed by atoms with Crippen LogP contribution in [0.25, 0.3) is 0 Å². The Balaban J connectivity index is 0.00000133. The summed E-state index contributed by atoms with van der Waals surface area (Å²) >= 11 is 5.82. The summed E-state index contributed by atoms with van der Waals surface area (Å²) in [5.74, 6) is -0.336. The van der Waals surface area contributed by atoms with Crippen molar-refractivity contribution in [2.45, 2.75) is 37.9 Å². The lowest BCUT2D eigenvalue weighted by Gasteiger charge is -2.24. The van der Waals surface area contributed by atoms with Gasteiger partial charge in [0, 0.05) is 31.7 Å². The van der Waals surface area contributed by atoms with Gasteiger partial charge in [0.2, 0.25) is 0 Å². The summed E-state index contributed by atoms with van der Waals surface area (Å²) in [6.45, 7) is 3.07. The van der Waals surface area contributed by atoms with Crippen molar-refractivity contribution in [2.75, 3.05) is 13.1 Å². The summed E-state index contributed by atoms with van der Waals surface area (Å²) in [4.78, 5) is 2.44. The lowest BCUT2D eigenvalue weighted by atomic mass is 10.1. The Bertz CT molecular complexity index is 441. The molecule has 2 atom stereocenters. The van der Waals surface area contributed by atoms with Gasteiger partial charge in [-0.1, -0.05) is 17.7 Å². The smallest absolute Gasteiger partial charge is 0.141 e. The number of halogens is 3. The van der Waals surface area contributed by atoms with E-state index in [2.05, 4.69) is 10.2 Å². The van der Waals surface area contributed by atoms with Gasteiger partial charge < -0.3 is 5.32 Å². The van der Waals surface area contributed by atoms with E-state index in [0.29, 0.717) is 12.1 Å². The third-order valence-electron chi connectivity index (χ3n) is 4.00. The van der Waals surface area contributed by atoms with Crippen LogP contribution in [0.5, 0.6) is 0 Å². The minimum absolute atomic E-state index is 0. The van der Waals surface area contributed by atoms with Crippen molar-refractivity contribution in [3.8, 4) is 0 Å². The van der Waals surface area contributed by atoms with Crippen molar-refractivity contribution in [3.05, 3.63) is 34.6 Å². The molecule has 2 nitrogen and oxygen atoms in total. The third kappa shape index (κ3) is 3.60. The molecule has 0 aromatic heterocycles. The molecule has 19 heavy (non-hydrogen) atoms. The monoisotopic (exact) mass is 304 g/mol. The first kappa shape index (κ1) is 15.0. The minimum Gasteiger partial charge on any atom is -0.310 e. The van der Waals surface area contributed by atoms with Crippen molar-refractivity contribution in [2.24, 2.45) is 0 Å². The van der Waals surface area contributed by atoms with Gasteiger partial charge in [-0.3, -0.25) is 4.90 Å². The molecule has 0 radical (unpaired) electrons. The molecule has 2 bridgehead atoms. The first-order chi connectivity index (χ1) is 8.70. The van der Waals surface area contributed by atoms with E-state index >= 15 is 0 Å². The summed E-state index contributed by atoms with van der Waals surface area (Å²) in [5.41, 5.74) is 1.10. The van der Waals surface area contributed by atoms with Gasteiger partial charge in [0.05, 0.1) is 5.02 Å². The maximum absolute atomic E-state index is 13.1. The van der Waals surface area contributed by atoms with E-state index < -0.39 is 0 Å². The number of benzene rings is 1. The summed E-state index contributed by atoms with van der Waals surface area (Å²) < 4.78 is 13.1. The molecule has 1 aromatic rings. The summed E-state index contributed by atoms with van der Waals surface area (Å²) in [6.07, 6.45) is 3.82. The molecular formula is C14H19Cl2FN2. The van der Waals surface area contributed by atoms with Crippen molar-refractivity contribution in [1.82, 2.24) is 10.2 Å². The fraction of sp³-hybridized carbons (Fsp3) is 0.571. The maximum Gasteiger partial charge on any atom is 0.141 e. The van der Waals surface area contributed by atoms with E-state index in [-0.39, 0.29) is 23.2 Å². The van der Waals surface area contributed by atoms with E-state index in [1.54, 1.807) is 6.07 Å². The van der Waals surface area contributed by atoms with E-state index in [1.807, 2.05) is 6.07 Å². The average Bonchev–Trinajstić information content (AvgIpc) is 2.68. The Hall–Kier alpha value is -0.350. The maximum atomic E-state index is 13.1. The van der Waals surface area contributed by atoms with Crippen LogP contribution in [-0.4, -0.2) is 30.1 Å². The molecule has 0 saturated carbocycles. The minimum atomic E-state index is -0.336. The predicted octanol–water partition coefficient (Wildman–Crippen LogP) is 3.23. The summed E-state index contributed by atoms with van der Waals surface area (Å²) in [5, 5.41) is 3.89. The molecule has 0 aliphatic carbocycles. The second-order valence-corrected chi connectivity index (χ2v) is 5.82. The van der Waals surface area contributed by atoms with Gasteiger partial charge in [-0.15, -0.1) is 12.4 Å². The predicted molar refractivity (Wildman–Crippen MR) is 78.5 cm³/mol. The molecule has 2 aliphatic heterocycles. The van der Waals surface area contributed by atoms with Gasteiger partial charge in [0.15, 0.2) is 0 Å². The number of likely N-dealkylation sites (tertiary alicyclic amines) is 1. The second-order valence-electron chi connectivity index (χ2n) is 5.41. The number of hydrogen-bond donors (Lipinski definition) is 1. The highest BCUT2D eigenvalue weighted by Gasteiger charge is 2.29. The zero-order chi connectivity index (χ0) is 12.5. The van der Waals surface area contributed by atoms with Gasteiger partial charge in [-0.25, -0.2) is 4.39 Å². The normalized spacial score (nSPS) is 26.8. The highest BCUT2D eigenvalue weighted by atomic mass is 35.5. The number of fused-ring (bicyclic) bond motifs is 2. The molecule has 2 unspecified atom stereocenters. The molecule has 1 aromatic carbocycles. The summed E-state index contributed by atoms with van der Waals surface area (Å²) in [6, 6.07) is 6.37. The number of rotatable bonds is 2. The highest BCUT2D eigenvalue weighted by molar-refractivity contribution is 6.30. The van der Waals surface area contributed by atoms with E-state index in [4.69, 9.17) is 11.6 Å². The highest BCUT2D eigenvalue weighted by Crippen LogP contribution is 2.22. The molecule has 0 spiro atoms. The zero-order valence-electron chi connectivity index (χ0n) is 10.7. The largest absolute Gasteiger partial charge is 0.310 e. The molecular weight excluding hydrogens is 286 g/mol. The molecule has 2 fully saturated rings. The summed E-state index contributed by atoms with van der Waals surface area (Å²) in [7, 11) is 0. The zero-order valence-corrected chi connectivity index (χ0v) is 12.3. The van der Waals surface area contributed by atoms with Gasteiger partial charge in [0.25, 0.3) is 0 Å². The van der Waals surface area contributed by atoms with Crippen LogP contribution >= 0.6 is 24.0 Å². The lowest BCUT2D eigenvalue weighted by molar-refractivity contribution is 0.251. The van der Waals surface area contributed by atoms with Crippen LogP contribution in [0.2, 0.25) is 5.02 Å². The van der Waals surface area contributed by atoms with Crippen molar-refractivity contribution in [1.29, 1.82) is 0 Å². The first-order valence-electron chi connectivity index (χ1n) is 6.63. The molecule has 106 valence electrons. The number of nitrogens with zero attached hydrogens (tertiary/aromatic N) is 1. The fourth-order valence-electron chi connectivity index (χ4n) is 3.06. The van der Waals surface area contributed by atoms with Crippen LogP contribution in [0.3, 0.4) is 0 Å². The molecule has 2 aliphatic rings. The molecule has 1 N–H and O–H groups in total. The van der Waals surface area contributed by atoms with Gasteiger partial charge in [-0.2, -0.15) is 0 Å². The van der Waals surface area contributed by atoms with Crippen molar-refractivity contribution >= 4 is 24.0 Å². The van der Waals surface area contributed by atoms with Crippen LogP contribution in [0, 0.1) is 5.82 Å². The Kier molecular flexibility index (Phi) is 5.07. The standard InChI is InChI=1S/C14H18ClFN2.ClH/c15-13-7-10(1-4-14(13)16)8-18-6-5-11-2-3-12(9-18)17-11;/h1,4,7,11-12,17H,2-3,5-6,8-9H2;1H. The van der Waals surface area contributed by atoms with Gasteiger partial charge in [0.1, 0.15) is 5.82 Å². The lowest BCUT2D eigenvalue weighted by Crippen LogP contribution is -2.34. The number of nitrogens with one attached hydrogen (secondary N) is 1. The fourth-order valence-corrected chi connectivity index (χ4v) is 3.26. The first-order valence-corrected chi connectivity index (χ1v) is 7.01. The van der Waals surface area contributed by atoms with E-state index in [0.717, 1.165) is 25.2 Å². The number of hydrogen-bond acceptors (Lipinski definition) is 2. The molecule has 2 heterocycles. The van der Waals surface area contributed by atoms with Crippen LogP contribution in [0.15, 0.2) is 18.2 Å². The SMILES string of the molecule is Cl.Fc1ccc(CN2CCC3CCC(C2)N3)cc1Cl. The van der Waals surface area contributed by atoms with Crippen LogP contribution < -0.4 is 5.32 Å².